The van der Waals surface area contributed by atoms with Crippen LogP contribution in [0.3, 0.4) is 0 Å². The van der Waals surface area contributed by atoms with Crippen molar-refractivity contribution in [3.05, 3.63) is 0 Å². The fourth-order valence-corrected chi connectivity index (χ4v) is 4.74. The molecule has 1 rings (SSSR count). The Labute approximate surface area is 77.6 Å². The van der Waals surface area contributed by atoms with Gasteiger partial charge in [0.25, 0.3) is 0 Å². The fourth-order valence-electron chi connectivity index (χ4n) is 1.77. The molecule has 1 aliphatic carbocycles. The molecule has 0 aromatic carbocycles. The lowest BCUT2D eigenvalue weighted by Gasteiger charge is -2.28. The van der Waals surface area contributed by atoms with E-state index < -0.39 is 8.32 Å². The number of hydrogen-bond donors (Lipinski definition) is 0. The van der Waals surface area contributed by atoms with Crippen molar-refractivity contribution in [1.29, 1.82) is 0 Å². The quantitative estimate of drug-likeness (QED) is 0.598. The van der Waals surface area contributed by atoms with Crippen LogP contribution in [0.1, 0.15) is 34.1 Å². The van der Waals surface area contributed by atoms with Crippen molar-refractivity contribution in [3.8, 4) is 0 Å². The largest absolute Gasteiger partial charge is 0.414 e. The highest BCUT2D eigenvalue weighted by atomic mass is 28.4. The summed E-state index contributed by atoms with van der Waals surface area (Å²) in [5, 5.41) is 0. The Kier molecular flexibility index (Phi) is 3.35. The highest BCUT2D eigenvalue weighted by molar-refractivity contribution is 6.73. The third kappa shape index (κ3) is 2.11. The van der Waals surface area contributed by atoms with E-state index in [0.717, 1.165) is 5.92 Å². The average molecular weight is 186 g/mol. The summed E-state index contributed by atoms with van der Waals surface area (Å²) >= 11 is 0. The Morgan fingerprint density at radius 2 is 1.58 bits per heavy atom. The van der Waals surface area contributed by atoms with Crippen molar-refractivity contribution < 1.29 is 4.43 Å². The molecular weight excluding hydrogens is 164 g/mol. The summed E-state index contributed by atoms with van der Waals surface area (Å²) in [6.07, 6.45) is 1.95. The fraction of sp³-hybridized carbons (Fsp3) is 1.00. The molecule has 1 nitrogen and oxygen atoms in total. The average Bonchev–Trinajstić information content (AvgIpc) is 2.78. The van der Waals surface area contributed by atoms with Gasteiger partial charge in [0.05, 0.1) is 0 Å². The molecule has 0 aromatic rings. The first kappa shape index (κ1) is 10.3. The SMILES string of the molecule is CC[Si](CC)(CC)O[C@H]1C[C@H]1C. The molecule has 0 saturated heterocycles. The molecule has 0 unspecified atom stereocenters. The lowest BCUT2D eigenvalue weighted by molar-refractivity contribution is 0.270. The molecule has 1 aliphatic rings. The maximum Gasteiger partial charge on any atom is 0.192 e. The molecule has 0 bridgehead atoms. The molecule has 1 saturated carbocycles. The zero-order valence-corrected chi connectivity index (χ0v) is 9.89. The second-order valence-electron chi connectivity index (χ2n) is 4.11. The summed E-state index contributed by atoms with van der Waals surface area (Å²) in [6, 6.07) is 3.88. The van der Waals surface area contributed by atoms with Gasteiger partial charge in [0, 0.05) is 6.10 Å². The minimum atomic E-state index is -1.26. The summed E-state index contributed by atoms with van der Waals surface area (Å²) in [4.78, 5) is 0. The molecule has 1 fully saturated rings. The molecule has 12 heavy (non-hydrogen) atoms. The summed E-state index contributed by atoms with van der Waals surface area (Å²) in [5.74, 6) is 0.849. The molecule has 72 valence electrons. The van der Waals surface area contributed by atoms with Crippen LogP contribution in [0.2, 0.25) is 18.1 Å². The summed E-state index contributed by atoms with van der Waals surface area (Å²) in [5.41, 5.74) is 0. The normalized spacial score (nSPS) is 29.0. The van der Waals surface area contributed by atoms with E-state index in [4.69, 9.17) is 4.43 Å². The Morgan fingerprint density at radius 1 is 1.17 bits per heavy atom. The molecule has 0 spiro atoms. The van der Waals surface area contributed by atoms with Gasteiger partial charge in [-0.05, 0) is 30.5 Å². The number of rotatable bonds is 5. The van der Waals surface area contributed by atoms with Crippen LogP contribution in [-0.2, 0) is 4.43 Å². The zero-order valence-electron chi connectivity index (χ0n) is 8.89. The Balaban J connectivity index is 2.41. The first-order valence-electron chi connectivity index (χ1n) is 5.35. The zero-order chi connectivity index (χ0) is 9.19. The minimum Gasteiger partial charge on any atom is -0.414 e. The van der Waals surface area contributed by atoms with Crippen LogP contribution in [0.25, 0.3) is 0 Å². The van der Waals surface area contributed by atoms with E-state index in [1.165, 1.54) is 24.6 Å². The Hall–Kier alpha value is 0.177. The van der Waals surface area contributed by atoms with Gasteiger partial charge in [-0.3, -0.25) is 0 Å². The molecule has 0 heterocycles. The van der Waals surface area contributed by atoms with Crippen LogP contribution in [-0.4, -0.2) is 14.4 Å². The van der Waals surface area contributed by atoms with Crippen molar-refractivity contribution in [1.82, 2.24) is 0 Å². The third-order valence-electron chi connectivity index (χ3n) is 3.37. The molecular formula is C10H22OSi. The molecule has 0 amide bonds. The van der Waals surface area contributed by atoms with E-state index in [1.807, 2.05) is 0 Å². The monoisotopic (exact) mass is 186 g/mol. The third-order valence-corrected chi connectivity index (χ3v) is 8.04. The second-order valence-corrected chi connectivity index (χ2v) is 8.84. The van der Waals surface area contributed by atoms with Crippen molar-refractivity contribution in [2.45, 2.75) is 58.4 Å². The van der Waals surface area contributed by atoms with Gasteiger partial charge in [0.15, 0.2) is 8.32 Å². The summed E-state index contributed by atoms with van der Waals surface area (Å²) in [6.45, 7) is 9.19. The van der Waals surface area contributed by atoms with Gasteiger partial charge in [0.2, 0.25) is 0 Å². The van der Waals surface area contributed by atoms with Crippen LogP contribution in [0, 0.1) is 5.92 Å². The Bertz CT molecular complexity index is 135. The van der Waals surface area contributed by atoms with Gasteiger partial charge in [0.1, 0.15) is 0 Å². The van der Waals surface area contributed by atoms with E-state index in [2.05, 4.69) is 27.7 Å². The Morgan fingerprint density at radius 3 is 1.83 bits per heavy atom. The summed E-state index contributed by atoms with van der Waals surface area (Å²) < 4.78 is 6.25. The lowest BCUT2D eigenvalue weighted by Crippen LogP contribution is -2.36. The van der Waals surface area contributed by atoms with Gasteiger partial charge in [-0.15, -0.1) is 0 Å². The predicted octanol–water partition coefficient (Wildman–Crippen LogP) is 3.42. The highest BCUT2D eigenvalue weighted by Gasteiger charge is 2.41. The van der Waals surface area contributed by atoms with Crippen LogP contribution in [0.15, 0.2) is 0 Å². The smallest absolute Gasteiger partial charge is 0.192 e. The van der Waals surface area contributed by atoms with E-state index in [-0.39, 0.29) is 0 Å². The van der Waals surface area contributed by atoms with Gasteiger partial charge in [-0.1, -0.05) is 27.7 Å². The van der Waals surface area contributed by atoms with Crippen molar-refractivity contribution in [2.24, 2.45) is 5.92 Å². The predicted molar refractivity (Wildman–Crippen MR) is 55.9 cm³/mol. The lowest BCUT2D eigenvalue weighted by atomic mass is 10.5. The molecule has 0 aliphatic heterocycles. The van der Waals surface area contributed by atoms with Crippen LogP contribution < -0.4 is 0 Å². The van der Waals surface area contributed by atoms with Crippen molar-refractivity contribution in [2.75, 3.05) is 0 Å². The van der Waals surface area contributed by atoms with E-state index in [0.29, 0.717) is 6.10 Å². The first-order chi connectivity index (χ1) is 5.67. The molecule has 2 heteroatoms. The maximum absolute atomic E-state index is 6.25. The van der Waals surface area contributed by atoms with E-state index >= 15 is 0 Å². The van der Waals surface area contributed by atoms with Gasteiger partial charge in [-0.2, -0.15) is 0 Å². The topological polar surface area (TPSA) is 9.23 Å². The van der Waals surface area contributed by atoms with E-state index in [9.17, 15) is 0 Å². The highest BCUT2D eigenvalue weighted by Crippen LogP contribution is 2.38. The van der Waals surface area contributed by atoms with Crippen LogP contribution >= 0.6 is 0 Å². The van der Waals surface area contributed by atoms with Gasteiger partial charge in [-0.25, -0.2) is 0 Å². The standard InChI is InChI=1S/C10H22OSi/c1-5-12(6-2,7-3)11-10-8-9(10)4/h9-10H,5-8H2,1-4H3/t9-,10+/m1/s1. The van der Waals surface area contributed by atoms with E-state index in [1.54, 1.807) is 0 Å². The molecule has 0 radical (unpaired) electrons. The minimum absolute atomic E-state index is 0.636. The summed E-state index contributed by atoms with van der Waals surface area (Å²) in [7, 11) is -1.26. The van der Waals surface area contributed by atoms with Gasteiger partial charge < -0.3 is 4.43 Å². The number of hydrogen-bond acceptors (Lipinski definition) is 1. The molecule has 0 N–H and O–H groups in total. The second kappa shape index (κ2) is 3.92. The molecule has 0 aromatic heterocycles. The van der Waals surface area contributed by atoms with Gasteiger partial charge >= 0.3 is 0 Å². The van der Waals surface area contributed by atoms with Crippen molar-refractivity contribution >= 4 is 8.32 Å². The van der Waals surface area contributed by atoms with Crippen LogP contribution in [0.4, 0.5) is 0 Å². The van der Waals surface area contributed by atoms with Crippen molar-refractivity contribution in [3.63, 3.8) is 0 Å². The van der Waals surface area contributed by atoms with Crippen LogP contribution in [0.5, 0.6) is 0 Å². The first-order valence-corrected chi connectivity index (χ1v) is 7.88. The maximum atomic E-state index is 6.25. The molecule has 2 atom stereocenters.